The molecule has 0 saturated carbocycles. The van der Waals surface area contributed by atoms with Crippen molar-refractivity contribution >= 4 is 21.6 Å². The van der Waals surface area contributed by atoms with Crippen molar-refractivity contribution in [1.82, 2.24) is 15.0 Å². The number of aliphatic hydroxyl groups is 1. The molecule has 0 saturated heterocycles. The summed E-state index contributed by atoms with van der Waals surface area (Å²) in [5.41, 5.74) is 7.75. The average Bonchev–Trinajstić information content (AvgIpc) is 2.80. The van der Waals surface area contributed by atoms with Crippen molar-refractivity contribution in [1.29, 1.82) is 0 Å². The average molecular weight is 311 g/mol. The van der Waals surface area contributed by atoms with Crippen LogP contribution in [0.15, 0.2) is 28.9 Å². The van der Waals surface area contributed by atoms with Gasteiger partial charge in [0.1, 0.15) is 6.10 Å². The van der Waals surface area contributed by atoms with Crippen LogP contribution < -0.4 is 5.73 Å². The van der Waals surface area contributed by atoms with Crippen molar-refractivity contribution in [2.24, 2.45) is 0 Å². The van der Waals surface area contributed by atoms with Crippen molar-refractivity contribution in [3.05, 3.63) is 40.1 Å². The minimum absolute atomic E-state index is 0.551. The molecule has 2 aromatic rings. The highest BCUT2D eigenvalue weighted by atomic mass is 79.9. The normalized spacial score (nSPS) is 12.6. The van der Waals surface area contributed by atoms with E-state index in [1.165, 1.54) is 0 Å². The molecule has 1 aromatic heterocycles. The molecule has 0 amide bonds. The monoisotopic (exact) mass is 310 g/mol. The summed E-state index contributed by atoms with van der Waals surface area (Å²) >= 11 is 3.37. The Morgan fingerprint density at radius 2 is 2.28 bits per heavy atom. The molecule has 3 N–H and O–H groups in total. The van der Waals surface area contributed by atoms with E-state index in [-0.39, 0.29) is 0 Å². The predicted molar refractivity (Wildman–Crippen MR) is 72.9 cm³/mol. The van der Waals surface area contributed by atoms with Crippen molar-refractivity contribution in [2.45, 2.75) is 26.0 Å². The molecule has 0 aliphatic heterocycles. The van der Waals surface area contributed by atoms with Crippen LogP contribution in [0.2, 0.25) is 0 Å². The number of hydrogen-bond donors (Lipinski definition) is 2. The summed E-state index contributed by atoms with van der Waals surface area (Å²) in [6.07, 6.45) is 1.68. The van der Waals surface area contributed by atoms with Gasteiger partial charge in [0, 0.05) is 22.3 Å². The Hall–Kier alpha value is -1.40. The second kappa shape index (κ2) is 5.49. The summed E-state index contributed by atoms with van der Waals surface area (Å²) < 4.78 is 2.57. The fraction of sp³-hybridized carbons (Fsp3) is 0.333. The Bertz CT molecular complexity index is 541. The van der Waals surface area contributed by atoms with Crippen molar-refractivity contribution in [3.8, 4) is 0 Å². The van der Waals surface area contributed by atoms with E-state index in [0.29, 0.717) is 16.9 Å². The molecular formula is C12H15BrN4O. The van der Waals surface area contributed by atoms with Gasteiger partial charge in [0.15, 0.2) is 0 Å². The molecule has 0 radical (unpaired) electrons. The summed E-state index contributed by atoms with van der Waals surface area (Å²) in [6, 6.07) is 5.41. The molecule has 0 aliphatic carbocycles. The van der Waals surface area contributed by atoms with E-state index < -0.39 is 6.10 Å². The summed E-state index contributed by atoms with van der Waals surface area (Å²) in [7, 11) is 0. The van der Waals surface area contributed by atoms with Crippen LogP contribution in [-0.4, -0.2) is 20.1 Å². The van der Waals surface area contributed by atoms with Crippen LogP contribution in [0.1, 0.15) is 30.7 Å². The molecule has 0 spiro atoms. The summed E-state index contributed by atoms with van der Waals surface area (Å²) in [4.78, 5) is 0. The van der Waals surface area contributed by atoms with Gasteiger partial charge in [-0.25, -0.2) is 4.68 Å². The van der Waals surface area contributed by atoms with Gasteiger partial charge < -0.3 is 10.8 Å². The first-order chi connectivity index (χ1) is 8.63. The van der Waals surface area contributed by atoms with Crippen molar-refractivity contribution in [3.63, 3.8) is 0 Å². The van der Waals surface area contributed by atoms with Gasteiger partial charge in [-0.1, -0.05) is 28.1 Å². The lowest BCUT2D eigenvalue weighted by molar-refractivity contribution is 0.208. The number of benzene rings is 1. The van der Waals surface area contributed by atoms with E-state index in [2.05, 4.69) is 26.2 Å². The molecule has 0 fully saturated rings. The van der Waals surface area contributed by atoms with Gasteiger partial charge in [0.2, 0.25) is 0 Å². The first-order valence-electron chi connectivity index (χ1n) is 5.75. The Balaban J connectivity index is 2.38. The van der Waals surface area contributed by atoms with Gasteiger partial charge in [-0.3, -0.25) is 0 Å². The summed E-state index contributed by atoms with van der Waals surface area (Å²) in [6.45, 7) is 2.77. The molecule has 0 aliphatic rings. The van der Waals surface area contributed by atoms with Gasteiger partial charge in [-0.2, -0.15) is 0 Å². The van der Waals surface area contributed by atoms with E-state index in [9.17, 15) is 5.11 Å². The van der Waals surface area contributed by atoms with Gasteiger partial charge in [-0.05, 0) is 24.6 Å². The summed E-state index contributed by atoms with van der Waals surface area (Å²) in [5.74, 6) is 0. The van der Waals surface area contributed by atoms with E-state index in [1.807, 2.05) is 19.1 Å². The standard InChI is InChI=1S/C12H15BrN4O/c1-2-5-17-11(7-15-16-17)12(18)9-6-8(13)3-4-10(9)14/h3-4,6-7,12,18H,2,5,14H2,1H3. The highest BCUT2D eigenvalue weighted by molar-refractivity contribution is 9.10. The van der Waals surface area contributed by atoms with E-state index >= 15 is 0 Å². The predicted octanol–water partition coefficient (Wildman–Crippen LogP) is 2.11. The fourth-order valence-electron chi connectivity index (χ4n) is 1.80. The zero-order valence-corrected chi connectivity index (χ0v) is 11.6. The molecule has 18 heavy (non-hydrogen) atoms. The second-order valence-corrected chi connectivity index (χ2v) is 4.97. The van der Waals surface area contributed by atoms with Crippen LogP contribution in [-0.2, 0) is 6.54 Å². The maximum absolute atomic E-state index is 10.4. The third-order valence-corrected chi connectivity index (χ3v) is 3.20. The molecule has 1 heterocycles. The van der Waals surface area contributed by atoms with Gasteiger partial charge in [0.25, 0.3) is 0 Å². The molecule has 1 unspecified atom stereocenters. The smallest absolute Gasteiger partial charge is 0.124 e. The molecule has 6 heteroatoms. The third-order valence-electron chi connectivity index (χ3n) is 2.71. The lowest BCUT2D eigenvalue weighted by atomic mass is 10.1. The molecule has 1 atom stereocenters. The molecule has 96 valence electrons. The topological polar surface area (TPSA) is 77.0 Å². The Kier molecular flexibility index (Phi) is 3.98. The van der Waals surface area contributed by atoms with Crippen LogP contribution in [0.4, 0.5) is 5.69 Å². The lowest BCUT2D eigenvalue weighted by Gasteiger charge is -2.14. The van der Waals surface area contributed by atoms with Crippen molar-refractivity contribution in [2.75, 3.05) is 5.73 Å². The first kappa shape index (κ1) is 13.0. The molecule has 5 nitrogen and oxygen atoms in total. The highest BCUT2D eigenvalue weighted by Crippen LogP contribution is 2.28. The van der Waals surface area contributed by atoms with E-state index in [1.54, 1.807) is 16.9 Å². The number of nitrogens with zero attached hydrogens (tertiary/aromatic N) is 3. The summed E-state index contributed by atoms with van der Waals surface area (Å²) in [5, 5.41) is 18.2. The first-order valence-corrected chi connectivity index (χ1v) is 6.54. The van der Waals surface area contributed by atoms with E-state index in [0.717, 1.165) is 17.4 Å². The maximum atomic E-state index is 10.4. The third kappa shape index (κ3) is 2.54. The molecule has 0 bridgehead atoms. The van der Waals surface area contributed by atoms with Gasteiger partial charge >= 0.3 is 0 Å². The second-order valence-electron chi connectivity index (χ2n) is 4.06. The number of aromatic nitrogens is 3. The van der Waals surface area contributed by atoms with Gasteiger partial charge in [0.05, 0.1) is 11.9 Å². The van der Waals surface area contributed by atoms with Gasteiger partial charge in [-0.15, -0.1) is 5.10 Å². The number of rotatable bonds is 4. The van der Waals surface area contributed by atoms with Crippen molar-refractivity contribution < 1.29 is 5.11 Å². The number of halogens is 1. The largest absolute Gasteiger partial charge is 0.398 e. The highest BCUT2D eigenvalue weighted by Gasteiger charge is 2.18. The van der Waals surface area contributed by atoms with Crippen LogP contribution in [0.5, 0.6) is 0 Å². The Morgan fingerprint density at radius 1 is 1.50 bits per heavy atom. The Labute approximate surface area is 114 Å². The van der Waals surface area contributed by atoms with Crippen LogP contribution in [0.3, 0.4) is 0 Å². The number of aryl methyl sites for hydroxylation is 1. The number of anilines is 1. The minimum atomic E-state index is -0.816. The number of nitrogens with two attached hydrogens (primary N) is 1. The zero-order valence-electron chi connectivity index (χ0n) is 10.0. The van der Waals surface area contributed by atoms with Crippen LogP contribution in [0.25, 0.3) is 0 Å². The Morgan fingerprint density at radius 3 is 3.00 bits per heavy atom. The zero-order chi connectivity index (χ0) is 13.1. The van der Waals surface area contributed by atoms with Crippen LogP contribution >= 0.6 is 15.9 Å². The SMILES string of the molecule is CCCn1nncc1C(O)c1cc(Br)ccc1N. The number of hydrogen-bond acceptors (Lipinski definition) is 4. The van der Waals surface area contributed by atoms with E-state index in [4.69, 9.17) is 5.73 Å². The maximum Gasteiger partial charge on any atom is 0.124 e. The fourth-order valence-corrected chi connectivity index (χ4v) is 2.18. The minimum Gasteiger partial charge on any atom is -0.398 e. The number of aliphatic hydroxyl groups excluding tert-OH is 1. The molecular weight excluding hydrogens is 296 g/mol. The number of nitrogen functional groups attached to an aromatic ring is 1. The molecule has 2 rings (SSSR count). The lowest BCUT2D eigenvalue weighted by Crippen LogP contribution is -2.11. The quantitative estimate of drug-likeness (QED) is 0.848. The molecule has 1 aromatic carbocycles. The van der Waals surface area contributed by atoms with Crippen LogP contribution in [0, 0.1) is 0 Å².